The zero-order valence-electron chi connectivity index (χ0n) is 11.4. The van der Waals surface area contributed by atoms with Crippen LogP contribution >= 0.6 is 0 Å². The molecule has 0 aromatic heterocycles. The number of rotatable bonds is 9. The molecule has 0 rings (SSSR count). The van der Waals surface area contributed by atoms with E-state index in [1.807, 2.05) is 0 Å². The Labute approximate surface area is 96.6 Å². The molecule has 92 valence electrons. The fourth-order valence-corrected chi connectivity index (χ4v) is 1.83. The molecule has 0 aliphatic heterocycles. The molecule has 0 aromatic carbocycles. The minimum Gasteiger partial charge on any atom is -0.305 e. The lowest BCUT2D eigenvalue weighted by Crippen LogP contribution is -2.38. The Bertz CT molecular complexity index is 136. The number of likely N-dealkylation sites (N-methyl/N-ethyl adjacent to an activating group) is 2. The summed E-state index contributed by atoms with van der Waals surface area (Å²) >= 11 is 0. The Balaban J connectivity index is 3.79. The summed E-state index contributed by atoms with van der Waals surface area (Å²) in [7, 11) is 2.20. The van der Waals surface area contributed by atoms with Crippen molar-refractivity contribution >= 4 is 0 Å². The summed E-state index contributed by atoms with van der Waals surface area (Å²) in [6, 6.07) is 0.750. The first-order chi connectivity index (χ1) is 7.15. The molecule has 0 radical (unpaired) electrons. The molecule has 2 nitrogen and oxygen atoms in total. The molecule has 1 unspecified atom stereocenters. The Morgan fingerprint density at radius 1 is 1.00 bits per heavy atom. The SMILES string of the molecule is CCCCC(C)N(CC)CCN(C)CC. The molecule has 15 heavy (non-hydrogen) atoms. The van der Waals surface area contributed by atoms with Gasteiger partial charge >= 0.3 is 0 Å². The molecule has 0 bridgehead atoms. The highest BCUT2D eigenvalue weighted by atomic mass is 15.2. The second kappa shape index (κ2) is 9.17. The predicted octanol–water partition coefficient (Wildman–Crippen LogP) is 2.84. The van der Waals surface area contributed by atoms with Gasteiger partial charge in [-0.05, 0) is 33.5 Å². The molecule has 0 fully saturated rings. The van der Waals surface area contributed by atoms with Crippen molar-refractivity contribution in [1.29, 1.82) is 0 Å². The molecule has 0 saturated heterocycles. The molecule has 0 aliphatic carbocycles. The quantitative estimate of drug-likeness (QED) is 0.582. The van der Waals surface area contributed by atoms with E-state index in [1.165, 1.54) is 38.9 Å². The highest BCUT2D eigenvalue weighted by Crippen LogP contribution is 2.07. The van der Waals surface area contributed by atoms with Gasteiger partial charge in [-0.2, -0.15) is 0 Å². The van der Waals surface area contributed by atoms with Crippen LogP contribution in [0.25, 0.3) is 0 Å². The Morgan fingerprint density at radius 3 is 2.13 bits per heavy atom. The molecule has 0 amide bonds. The third kappa shape index (κ3) is 6.91. The van der Waals surface area contributed by atoms with Crippen molar-refractivity contribution < 1.29 is 0 Å². The molecule has 1 atom stereocenters. The third-order valence-corrected chi connectivity index (χ3v) is 3.31. The maximum absolute atomic E-state index is 2.60. The largest absolute Gasteiger partial charge is 0.305 e. The first-order valence-electron chi connectivity index (χ1n) is 6.58. The van der Waals surface area contributed by atoms with Gasteiger partial charge in [0.15, 0.2) is 0 Å². The van der Waals surface area contributed by atoms with Gasteiger partial charge in [0.25, 0.3) is 0 Å². The molecule has 0 heterocycles. The minimum absolute atomic E-state index is 0.750. The molecule has 0 spiro atoms. The van der Waals surface area contributed by atoms with Crippen LogP contribution in [0.4, 0.5) is 0 Å². The third-order valence-electron chi connectivity index (χ3n) is 3.31. The molecular formula is C13H30N2. The second-order valence-electron chi connectivity index (χ2n) is 4.52. The lowest BCUT2D eigenvalue weighted by molar-refractivity contribution is 0.181. The maximum atomic E-state index is 2.60. The Kier molecular flexibility index (Phi) is 9.12. The smallest absolute Gasteiger partial charge is 0.0112 e. The van der Waals surface area contributed by atoms with E-state index in [0.717, 1.165) is 12.6 Å². The van der Waals surface area contributed by atoms with Crippen molar-refractivity contribution in [2.75, 3.05) is 33.2 Å². The van der Waals surface area contributed by atoms with E-state index >= 15 is 0 Å². The highest BCUT2D eigenvalue weighted by molar-refractivity contribution is 4.67. The van der Waals surface area contributed by atoms with Gasteiger partial charge in [0.1, 0.15) is 0 Å². The van der Waals surface area contributed by atoms with E-state index in [4.69, 9.17) is 0 Å². The average Bonchev–Trinajstić information content (AvgIpc) is 2.26. The molecule has 2 heteroatoms. The summed E-state index contributed by atoms with van der Waals surface area (Å²) in [6.07, 6.45) is 4.03. The van der Waals surface area contributed by atoms with Gasteiger partial charge in [-0.25, -0.2) is 0 Å². The summed E-state index contributed by atoms with van der Waals surface area (Å²) in [5.74, 6) is 0. The number of hydrogen-bond donors (Lipinski definition) is 0. The van der Waals surface area contributed by atoms with E-state index in [0.29, 0.717) is 0 Å². The Hall–Kier alpha value is -0.0800. The Morgan fingerprint density at radius 2 is 1.67 bits per heavy atom. The molecule has 0 aromatic rings. The first-order valence-corrected chi connectivity index (χ1v) is 6.58. The number of nitrogens with zero attached hydrogens (tertiary/aromatic N) is 2. The van der Waals surface area contributed by atoms with Crippen molar-refractivity contribution in [3.05, 3.63) is 0 Å². The molecule has 0 aliphatic rings. The van der Waals surface area contributed by atoms with Crippen LogP contribution in [0.5, 0.6) is 0 Å². The van der Waals surface area contributed by atoms with Gasteiger partial charge < -0.3 is 4.90 Å². The monoisotopic (exact) mass is 214 g/mol. The topological polar surface area (TPSA) is 6.48 Å². The van der Waals surface area contributed by atoms with Crippen LogP contribution in [-0.4, -0.2) is 49.1 Å². The van der Waals surface area contributed by atoms with Crippen LogP contribution in [0.1, 0.15) is 47.0 Å². The number of unbranched alkanes of at least 4 members (excludes halogenated alkanes) is 1. The summed E-state index contributed by atoms with van der Waals surface area (Å²) in [4.78, 5) is 4.98. The van der Waals surface area contributed by atoms with Crippen molar-refractivity contribution in [2.45, 2.75) is 53.0 Å². The van der Waals surface area contributed by atoms with E-state index in [2.05, 4.69) is 44.5 Å². The van der Waals surface area contributed by atoms with E-state index in [1.54, 1.807) is 0 Å². The fraction of sp³-hybridized carbons (Fsp3) is 1.00. The normalized spacial score (nSPS) is 13.8. The molecule has 0 saturated carbocycles. The van der Waals surface area contributed by atoms with Crippen molar-refractivity contribution in [2.24, 2.45) is 0 Å². The minimum atomic E-state index is 0.750. The van der Waals surface area contributed by atoms with E-state index in [-0.39, 0.29) is 0 Å². The van der Waals surface area contributed by atoms with Crippen LogP contribution < -0.4 is 0 Å². The predicted molar refractivity (Wildman–Crippen MR) is 69.4 cm³/mol. The van der Waals surface area contributed by atoms with Gasteiger partial charge in [0, 0.05) is 19.1 Å². The van der Waals surface area contributed by atoms with Crippen molar-refractivity contribution in [1.82, 2.24) is 9.80 Å². The second-order valence-corrected chi connectivity index (χ2v) is 4.52. The van der Waals surface area contributed by atoms with Crippen LogP contribution in [0.2, 0.25) is 0 Å². The summed E-state index contributed by atoms with van der Waals surface area (Å²) in [6.45, 7) is 13.9. The lowest BCUT2D eigenvalue weighted by atomic mass is 10.1. The van der Waals surface area contributed by atoms with Gasteiger partial charge in [-0.1, -0.05) is 33.6 Å². The summed E-state index contributed by atoms with van der Waals surface area (Å²) in [5.41, 5.74) is 0. The van der Waals surface area contributed by atoms with Crippen LogP contribution in [0.15, 0.2) is 0 Å². The van der Waals surface area contributed by atoms with Crippen LogP contribution in [-0.2, 0) is 0 Å². The van der Waals surface area contributed by atoms with Crippen molar-refractivity contribution in [3.63, 3.8) is 0 Å². The van der Waals surface area contributed by atoms with Gasteiger partial charge in [0.2, 0.25) is 0 Å². The zero-order chi connectivity index (χ0) is 11.7. The maximum Gasteiger partial charge on any atom is 0.0112 e. The van der Waals surface area contributed by atoms with Gasteiger partial charge in [-0.3, -0.25) is 4.90 Å². The summed E-state index contributed by atoms with van der Waals surface area (Å²) < 4.78 is 0. The first kappa shape index (κ1) is 14.9. The fourth-order valence-electron chi connectivity index (χ4n) is 1.83. The van der Waals surface area contributed by atoms with E-state index < -0.39 is 0 Å². The van der Waals surface area contributed by atoms with Crippen molar-refractivity contribution in [3.8, 4) is 0 Å². The average molecular weight is 214 g/mol. The summed E-state index contributed by atoms with van der Waals surface area (Å²) in [5, 5.41) is 0. The highest BCUT2D eigenvalue weighted by Gasteiger charge is 2.11. The number of hydrogen-bond acceptors (Lipinski definition) is 2. The van der Waals surface area contributed by atoms with Gasteiger partial charge in [-0.15, -0.1) is 0 Å². The van der Waals surface area contributed by atoms with Gasteiger partial charge in [0.05, 0.1) is 0 Å². The van der Waals surface area contributed by atoms with Crippen LogP contribution in [0.3, 0.4) is 0 Å². The molecule has 0 N–H and O–H groups in total. The molecular weight excluding hydrogens is 184 g/mol. The zero-order valence-corrected chi connectivity index (χ0v) is 11.4. The van der Waals surface area contributed by atoms with Crippen LogP contribution in [0, 0.1) is 0 Å². The standard InChI is InChI=1S/C13H30N2/c1-6-9-10-13(4)15(8-3)12-11-14(5)7-2/h13H,6-12H2,1-5H3. The lowest BCUT2D eigenvalue weighted by Gasteiger charge is -2.29. The van der Waals surface area contributed by atoms with E-state index in [9.17, 15) is 0 Å².